The van der Waals surface area contributed by atoms with Crippen molar-refractivity contribution >= 4 is 33.7 Å². The second-order valence-electron chi connectivity index (χ2n) is 5.48. The van der Waals surface area contributed by atoms with Gasteiger partial charge in [-0.1, -0.05) is 11.3 Å². The third kappa shape index (κ3) is 4.00. The van der Waals surface area contributed by atoms with Crippen molar-refractivity contribution in [1.82, 2.24) is 9.55 Å². The maximum Gasteiger partial charge on any atom is 0.307 e. The summed E-state index contributed by atoms with van der Waals surface area (Å²) in [7, 11) is 1.50. The number of hydrogen-bond acceptors (Lipinski definition) is 6. The summed E-state index contributed by atoms with van der Waals surface area (Å²) < 4.78 is 20.3. The first-order valence-electron chi connectivity index (χ1n) is 7.72. The lowest BCUT2D eigenvalue weighted by Crippen LogP contribution is -2.20. The monoisotopic (exact) mass is 393 g/mol. The van der Waals surface area contributed by atoms with Gasteiger partial charge in [-0.15, -0.1) is 11.3 Å². The number of ether oxygens (including phenoxy) is 1. The van der Waals surface area contributed by atoms with Crippen molar-refractivity contribution in [3.63, 3.8) is 0 Å². The van der Waals surface area contributed by atoms with E-state index < -0.39 is 5.82 Å². The number of carbonyl (C=O) groups excluding carboxylic acids is 1. The van der Waals surface area contributed by atoms with E-state index in [0.717, 1.165) is 17.0 Å². The highest BCUT2D eigenvalue weighted by Crippen LogP contribution is 2.32. The highest BCUT2D eigenvalue weighted by atomic mass is 32.1. The van der Waals surface area contributed by atoms with Crippen molar-refractivity contribution in [2.75, 3.05) is 12.4 Å². The molecule has 136 valence electrons. The Morgan fingerprint density at radius 3 is 2.85 bits per heavy atom. The molecule has 2 aromatic heterocycles. The molecule has 0 saturated carbocycles. The summed E-state index contributed by atoms with van der Waals surface area (Å²) in [6.45, 7) is 2.14. The summed E-state index contributed by atoms with van der Waals surface area (Å²) in [5, 5.41) is 6.60. The first kappa shape index (κ1) is 18.3. The number of benzene rings is 1. The number of methoxy groups -OCH3 is 1. The molecule has 0 saturated heterocycles. The van der Waals surface area contributed by atoms with Crippen LogP contribution >= 0.6 is 22.7 Å². The van der Waals surface area contributed by atoms with Crippen LogP contribution in [0.15, 0.2) is 33.8 Å². The predicted molar refractivity (Wildman–Crippen MR) is 101 cm³/mol. The lowest BCUT2D eigenvalue weighted by molar-refractivity contribution is -0.116. The van der Waals surface area contributed by atoms with Gasteiger partial charge < -0.3 is 14.6 Å². The Morgan fingerprint density at radius 2 is 2.15 bits per heavy atom. The highest BCUT2D eigenvalue weighted by molar-refractivity contribution is 7.14. The third-order valence-electron chi connectivity index (χ3n) is 3.73. The highest BCUT2D eigenvalue weighted by Gasteiger charge is 2.13. The minimum Gasteiger partial charge on any atom is -0.496 e. The van der Waals surface area contributed by atoms with Gasteiger partial charge >= 0.3 is 4.87 Å². The van der Waals surface area contributed by atoms with Crippen molar-refractivity contribution in [3.8, 4) is 17.0 Å². The summed E-state index contributed by atoms with van der Waals surface area (Å²) in [4.78, 5) is 28.0. The lowest BCUT2D eigenvalue weighted by atomic mass is 10.1. The molecule has 26 heavy (non-hydrogen) atoms. The van der Waals surface area contributed by atoms with Crippen molar-refractivity contribution < 1.29 is 13.9 Å². The van der Waals surface area contributed by atoms with E-state index in [2.05, 4.69) is 10.3 Å². The molecule has 0 radical (unpaired) electrons. The molecule has 2 heterocycles. The number of halogens is 1. The van der Waals surface area contributed by atoms with Gasteiger partial charge in [-0.05, 0) is 25.1 Å². The molecule has 0 unspecified atom stereocenters. The fourth-order valence-electron chi connectivity index (χ4n) is 2.40. The SMILES string of the molecule is COc1ccc(F)cc1-c1csc(NC(=O)CCn2c(C)csc2=O)n1. The molecule has 0 bridgehead atoms. The van der Waals surface area contributed by atoms with E-state index in [9.17, 15) is 14.0 Å². The molecule has 0 atom stereocenters. The number of anilines is 1. The summed E-state index contributed by atoms with van der Waals surface area (Å²) in [5.74, 6) is -0.132. The van der Waals surface area contributed by atoms with Crippen molar-refractivity contribution in [2.24, 2.45) is 0 Å². The molecule has 0 aliphatic heterocycles. The van der Waals surface area contributed by atoms with Gasteiger partial charge in [0.15, 0.2) is 5.13 Å². The second-order valence-corrected chi connectivity index (χ2v) is 7.15. The number of aromatic nitrogens is 2. The van der Waals surface area contributed by atoms with Crippen LogP contribution in [0.3, 0.4) is 0 Å². The molecule has 0 aliphatic carbocycles. The van der Waals surface area contributed by atoms with Gasteiger partial charge in [0, 0.05) is 35.0 Å². The maximum absolute atomic E-state index is 13.5. The Hall–Kier alpha value is -2.52. The summed E-state index contributed by atoms with van der Waals surface area (Å²) in [5.41, 5.74) is 1.87. The molecule has 6 nitrogen and oxygen atoms in total. The van der Waals surface area contributed by atoms with Crippen LogP contribution < -0.4 is 14.9 Å². The van der Waals surface area contributed by atoms with E-state index in [1.807, 2.05) is 6.92 Å². The molecular weight excluding hydrogens is 377 g/mol. The first-order chi connectivity index (χ1) is 12.5. The average Bonchev–Trinajstić information content (AvgIpc) is 3.20. The van der Waals surface area contributed by atoms with Crippen LogP contribution in [0.5, 0.6) is 5.75 Å². The van der Waals surface area contributed by atoms with Crippen LogP contribution in [0.4, 0.5) is 9.52 Å². The van der Waals surface area contributed by atoms with E-state index in [0.29, 0.717) is 28.7 Å². The van der Waals surface area contributed by atoms with Crippen LogP contribution in [0.1, 0.15) is 12.1 Å². The number of carbonyl (C=O) groups is 1. The maximum atomic E-state index is 13.5. The molecular formula is C17H16FN3O3S2. The minimum absolute atomic E-state index is 0.0787. The molecule has 3 aromatic rings. The molecule has 9 heteroatoms. The smallest absolute Gasteiger partial charge is 0.307 e. The number of nitrogens with zero attached hydrogens (tertiary/aromatic N) is 2. The number of thiazole rings is 2. The molecule has 1 N–H and O–H groups in total. The Labute approximate surface area is 156 Å². The van der Waals surface area contributed by atoms with Gasteiger partial charge in [-0.3, -0.25) is 9.59 Å². The first-order valence-corrected chi connectivity index (χ1v) is 9.48. The largest absolute Gasteiger partial charge is 0.496 e. The number of amides is 1. The fraction of sp³-hybridized carbons (Fsp3) is 0.235. The Kier molecular flexibility index (Phi) is 5.48. The van der Waals surface area contributed by atoms with E-state index in [-0.39, 0.29) is 17.2 Å². The minimum atomic E-state index is -0.393. The topological polar surface area (TPSA) is 73.2 Å². The average molecular weight is 393 g/mol. The van der Waals surface area contributed by atoms with Crippen molar-refractivity contribution in [2.45, 2.75) is 19.9 Å². The van der Waals surface area contributed by atoms with Crippen molar-refractivity contribution in [1.29, 1.82) is 0 Å². The van der Waals surface area contributed by atoms with Gasteiger partial charge in [-0.2, -0.15) is 0 Å². The van der Waals surface area contributed by atoms with E-state index in [4.69, 9.17) is 4.74 Å². The van der Waals surface area contributed by atoms with Crippen LogP contribution in [0.2, 0.25) is 0 Å². The molecule has 1 aromatic carbocycles. The second kappa shape index (κ2) is 7.79. The van der Waals surface area contributed by atoms with Gasteiger partial charge in [0.1, 0.15) is 11.6 Å². The molecule has 0 spiro atoms. The van der Waals surface area contributed by atoms with Gasteiger partial charge in [0.25, 0.3) is 0 Å². The fourth-order valence-corrected chi connectivity index (χ4v) is 3.89. The normalized spacial score (nSPS) is 10.7. The Bertz CT molecular complexity index is 993. The lowest BCUT2D eigenvalue weighted by Gasteiger charge is -2.06. The predicted octanol–water partition coefficient (Wildman–Crippen LogP) is 3.52. The molecule has 0 aliphatic rings. The van der Waals surface area contributed by atoms with Crippen LogP contribution in [-0.2, 0) is 11.3 Å². The van der Waals surface area contributed by atoms with Crippen LogP contribution in [0, 0.1) is 12.7 Å². The summed E-state index contributed by atoms with van der Waals surface area (Å²) >= 11 is 2.36. The zero-order valence-electron chi connectivity index (χ0n) is 14.1. The number of aryl methyl sites for hydroxylation is 1. The van der Waals surface area contributed by atoms with Gasteiger partial charge in [-0.25, -0.2) is 9.37 Å². The number of hydrogen-bond donors (Lipinski definition) is 1. The van der Waals surface area contributed by atoms with Gasteiger partial charge in [0.2, 0.25) is 5.91 Å². The quantitative estimate of drug-likeness (QED) is 0.695. The van der Waals surface area contributed by atoms with Gasteiger partial charge in [0.05, 0.1) is 12.8 Å². The summed E-state index contributed by atoms with van der Waals surface area (Å²) in [6, 6.07) is 4.18. The zero-order valence-corrected chi connectivity index (χ0v) is 15.7. The summed E-state index contributed by atoms with van der Waals surface area (Å²) in [6.07, 6.45) is 0.162. The van der Waals surface area contributed by atoms with E-state index >= 15 is 0 Å². The third-order valence-corrected chi connectivity index (χ3v) is 5.37. The van der Waals surface area contributed by atoms with Crippen LogP contribution in [0.25, 0.3) is 11.3 Å². The molecule has 0 fully saturated rings. The van der Waals surface area contributed by atoms with E-state index in [1.165, 1.54) is 36.6 Å². The van der Waals surface area contributed by atoms with E-state index in [1.54, 1.807) is 15.3 Å². The molecule has 1 amide bonds. The number of rotatable bonds is 6. The van der Waals surface area contributed by atoms with Crippen molar-refractivity contribution in [3.05, 3.63) is 50.1 Å². The van der Waals surface area contributed by atoms with Crippen LogP contribution in [-0.4, -0.2) is 22.6 Å². The Morgan fingerprint density at radius 1 is 1.35 bits per heavy atom. The standard InChI is InChI=1S/C17H16FN3O3S2/c1-10-8-26-17(23)21(10)6-5-15(22)20-16-19-13(9-25-16)12-7-11(18)3-4-14(12)24-2/h3-4,7-9H,5-6H2,1-2H3,(H,19,20,22). The Balaban J connectivity index is 1.68. The zero-order chi connectivity index (χ0) is 18.7. The number of nitrogens with one attached hydrogen (secondary N) is 1. The molecule has 3 rings (SSSR count).